The fourth-order valence-electron chi connectivity index (χ4n) is 3.94. The molecule has 1 saturated carbocycles. The van der Waals surface area contributed by atoms with Crippen LogP contribution in [0.1, 0.15) is 18.5 Å². The molecule has 1 saturated heterocycles. The standard InChI is InChI=1S/C21H25F3N6O2/c22-21(23,24)11-30-16-3-1-2-15(26-9-12-7-25-8-12)14(16)6-17(30)19-28-18(32-29-19)10-27-20(31)13-4-5-13/h1-3,6,12-13,18,25-26H,4-5,7-11H2,(H,27,31)(H,28,29). The number of nitrogens with one attached hydrogen (secondary N) is 4. The van der Waals surface area contributed by atoms with Crippen LogP contribution in [0.15, 0.2) is 29.3 Å². The maximum Gasteiger partial charge on any atom is 0.406 e. The minimum Gasteiger partial charge on any atom is -0.384 e. The number of hydrogen-bond acceptors (Lipinski definition) is 6. The predicted molar refractivity (Wildman–Crippen MR) is 113 cm³/mol. The summed E-state index contributed by atoms with van der Waals surface area (Å²) in [5.41, 5.74) is 4.18. The summed E-state index contributed by atoms with van der Waals surface area (Å²) < 4.78 is 41.4. The molecule has 11 heteroatoms. The van der Waals surface area contributed by atoms with Gasteiger partial charge in [0.2, 0.25) is 5.91 Å². The summed E-state index contributed by atoms with van der Waals surface area (Å²) in [4.78, 5) is 21.6. The highest BCUT2D eigenvalue weighted by Gasteiger charge is 2.33. The van der Waals surface area contributed by atoms with E-state index in [2.05, 4.69) is 26.4 Å². The Hall–Kier alpha value is -2.79. The summed E-state index contributed by atoms with van der Waals surface area (Å²) in [7, 11) is 0. The van der Waals surface area contributed by atoms with Crippen LogP contribution in [0.5, 0.6) is 0 Å². The lowest BCUT2D eigenvalue weighted by Gasteiger charge is -2.27. The van der Waals surface area contributed by atoms with Gasteiger partial charge in [-0.15, -0.1) is 0 Å². The van der Waals surface area contributed by atoms with Crippen molar-refractivity contribution in [3.63, 3.8) is 0 Å². The van der Waals surface area contributed by atoms with Crippen molar-refractivity contribution in [3.05, 3.63) is 30.0 Å². The third kappa shape index (κ3) is 4.53. The number of halogens is 3. The Kier molecular flexibility index (Phi) is 5.46. The van der Waals surface area contributed by atoms with Crippen LogP contribution in [-0.2, 0) is 16.2 Å². The van der Waals surface area contributed by atoms with E-state index in [0.29, 0.717) is 16.8 Å². The van der Waals surface area contributed by atoms with Crippen LogP contribution in [-0.4, -0.2) is 54.9 Å². The van der Waals surface area contributed by atoms with E-state index in [1.807, 2.05) is 6.07 Å². The van der Waals surface area contributed by atoms with E-state index in [4.69, 9.17) is 4.84 Å². The molecular weight excluding hydrogens is 425 g/mol. The van der Waals surface area contributed by atoms with E-state index in [1.54, 1.807) is 18.2 Å². The summed E-state index contributed by atoms with van der Waals surface area (Å²) in [5.74, 6) is 0.734. The molecule has 8 nitrogen and oxygen atoms in total. The number of hydrogen-bond donors (Lipinski definition) is 4. The number of alkyl halides is 3. The van der Waals surface area contributed by atoms with Crippen molar-refractivity contribution in [2.24, 2.45) is 16.8 Å². The predicted octanol–water partition coefficient (Wildman–Crippen LogP) is 1.97. The number of nitrogens with zero attached hydrogens (tertiary/aromatic N) is 2. The van der Waals surface area contributed by atoms with Crippen molar-refractivity contribution in [2.75, 3.05) is 31.5 Å². The number of aromatic nitrogens is 1. The summed E-state index contributed by atoms with van der Waals surface area (Å²) in [6, 6.07) is 6.98. The summed E-state index contributed by atoms with van der Waals surface area (Å²) >= 11 is 0. The van der Waals surface area contributed by atoms with Crippen molar-refractivity contribution >= 4 is 28.3 Å². The van der Waals surface area contributed by atoms with Crippen LogP contribution in [0.4, 0.5) is 18.9 Å². The smallest absolute Gasteiger partial charge is 0.384 e. The van der Waals surface area contributed by atoms with Gasteiger partial charge in [0.05, 0.1) is 17.8 Å². The van der Waals surface area contributed by atoms with Gasteiger partial charge >= 0.3 is 6.18 Å². The highest BCUT2D eigenvalue weighted by molar-refractivity contribution is 6.05. The first kappa shape index (κ1) is 21.1. The number of amides is 1. The number of aliphatic imine (C=N–C) groups is 1. The second-order valence-corrected chi connectivity index (χ2v) is 8.55. The molecule has 5 rings (SSSR count). The lowest BCUT2D eigenvalue weighted by Crippen LogP contribution is -2.45. The average molecular weight is 450 g/mol. The Morgan fingerprint density at radius 1 is 1.25 bits per heavy atom. The fourth-order valence-corrected chi connectivity index (χ4v) is 3.94. The Balaban J connectivity index is 1.41. The van der Waals surface area contributed by atoms with Gasteiger partial charge in [0.1, 0.15) is 6.54 Å². The third-order valence-corrected chi connectivity index (χ3v) is 5.94. The van der Waals surface area contributed by atoms with Gasteiger partial charge in [-0.05, 0) is 31.0 Å². The first-order valence-electron chi connectivity index (χ1n) is 10.8. The second kappa shape index (κ2) is 8.28. The van der Waals surface area contributed by atoms with Crippen molar-refractivity contribution in [1.82, 2.24) is 20.7 Å². The molecule has 2 aromatic rings. The molecular formula is C21H25F3N6O2. The number of benzene rings is 1. The fraction of sp³-hybridized carbons (Fsp3) is 0.524. The topological polar surface area (TPSA) is 91.7 Å². The molecule has 0 spiro atoms. The lowest BCUT2D eigenvalue weighted by molar-refractivity contribution is -0.140. The zero-order valence-corrected chi connectivity index (χ0v) is 17.3. The molecule has 1 aromatic carbocycles. The molecule has 3 aliphatic rings. The molecule has 0 radical (unpaired) electrons. The van der Waals surface area contributed by atoms with Crippen molar-refractivity contribution in [1.29, 1.82) is 0 Å². The number of fused-ring (bicyclic) bond motifs is 1. The Bertz CT molecular complexity index is 1040. The van der Waals surface area contributed by atoms with E-state index in [1.165, 1.54) is 4.57 Å². The minimum absolute atomic E-state index is 0.0409. The van der Waals surface area contributed by atoms with Gasteiger partial charge in [-0.1, -0.05) is 6.07 Å². The molecule has 172 valence electrons. The molecule has 4 N–H and O–H groups in total. The van der Waals surface area contributed by atoms with E-state index in [-0.39, 0.29) is 29.9 Å². The monoisotopic (exact) mass is 450 g/mol. The molecule has 1 aromatic heterocycles. The van der Waals surface area contributed by atoms with Crippen molar-refractivity contribution in [3.8, 4) is 0 Å². The number of amidine groups is 1. The Labute approximate surface area is 182 Å². The second-order valence-electron chi connectivity index (χ2n) is 8.55. The van der Waals surface area contributed by atoms with Gasteiger partial charge < -0.3 is 20.5 Å². The normalized spacial score (nSPS) is 21.2. The first-order chi connectivity index (χ1) is 15.4. The summed E-state index contributed by atoms with van der Waals surface area (Å²) in [5, 5.41) is 10.0. The van der Waals surface area contributed by atoms with Gasteiger partial charge in [0.25, 0.3) is 0 Å². The van der Waals surface area contributed by atoms with Gasteiger partial charge in [-0.25, -0.2) is 15.3 Å². The van der Waals surface area contributed by atoms with E-state index in [0.717, 1.165) is 38.2 Å². The van der Waals surface area contributed by atoms with Gasteiger partial charge in [0.15, 0.2) is 12.1 Å². The van der Waals surface area contributed by atoms with Crippen LogP contribution in [0, 0.1) is 11.8 Å². The third-order valence-electron chi connectivity index (χ3n) is 5.94. The molecule has 2 aliphatic heterocycles. The van der Waals surface area contributed by atoms with Gasteiger partial charge in [-0.2, -0.15) is 13.2 Å². The Morgan fingerprint density at radius 2 is 2.06 bits per heavy atom. The van der Waals surface area contributed by atoms with E-state index in [9.17, 15) is 18.0 Å². The zero-order chi connectivity index (χ0) is 22.3. The van der Waals surface area contributed by atoms with Crippen LogP contribution in [0.25, 0.3) is 10.9 Å². The quantitative estimate of drug-likeness (QED) is 0.494. The van der Waals surface area contributed by atoms with Crippen LogP contribution >= 0.6 is 0 Å². The number of carbonyl (C=O) groups excluding carboxylic acids is 1. The van der Waals surface area contributed by atoms with Crippen LogP contribution in [0.3, 0.4) is 0 Å². The molecule has 1 amide bonds. The molecule has 32 heavy (non-hydrogen) atoms. The minimum atomic E-state index is -4.40. The number of rotatable bonds is 8. The molecule has 1 atom stereocenters. The largest absolute Gasteiger partial charge is 0.406 e. The molecule has 2 fully saturated rings. The van der Waals surface area contributed by atoms with Crippen molar-refractivity contribution < 1.29 is 22.8 Å². The summed E-state index contributed by atoms with van der Waals surface area (Å²) in [6.45, 7) is 1.62. The maximum atomic E-state index is 13.4. The van der Waals surface area contributed by atoms with Crippen molar-refractivity contribution in [2.45, 2.75) is 31.8 Å². The lowest BCUT2D eigenvalue weighted by atomic mass is 10.0. The molecule has 0 bridgehead atoms. The number of anilines is 1. The van der Waals surface area contributed by atoms with E-state index < -0.39 is 18.9 Å². The van der Waals surface area contributed by atoms with Crippen LogP contribution in [0.2, 0.25) is 0 Å². The molecule has 1 unspecified atom stereocenters. The SMILES string of the molecule is O=C(NCC1N=C(c2cc3c(NCC4CNC4)cccc3n2CC(F)(F)F)NO1)C1CC1. The highest BCUT2D eigenvalue weighted by atomic mass is 19.4. The Morgan fingerprint density at radius 3 is 2.75 bits per heavy atom. The number of carbonyl (C=O) groups is 1. The highest BCUT2D eigenvalue weighted by Crippen LogP contribution is 2.31. The number of hydroxylamine groups is 1. The van der Waals surface area contributed by atoms with Crippen LogP contribution < -0.4 is 21.4 Å². The molecule has 1 aliphatic carbocycles. The maximum absolute atomic E-state index is 13.4. The first-order valence-corrected chi connectivity index (χ1v) is 10.8. The van der Waals surface area contributed by atoms with E-state index >= 15 is 0 Å². The average Bonchev–Trinajstić information content (AvgIpc) is 3.36. The van der Waals surface area contributed by atoms with Gasteiger partial charge in [0, 0.05) is 42.5 Å². The summed E-state index contributed by atoms with van der Waals surface area (Å²) in [6.07, 6.45) is -3.34. The zero-order valence-electron chi connectivity index (χ0n) is 17.3. The van der Waals surface area contributed by atoms with Gasteiger partial charge in [-0.3, -0.25) is 4.79 Å². The molecule has 3 heterocycles.